The lowest BCUT2D eigenvalue weighted by Crippen LogP contribution is -1.37. The molecule has 46 valence electrons. The van der Waals surface area contributed by atoms with Crippen molar-refractivity contribution in [2.75, 3.05) is 0 Å². The van der Waals surface area contributed by atoms with Gasteiger partial charge in [0.25, 0.3) is 0 Å². The number of fused-ring (bicyclic) bond motifs is 1. The maximum absolute atomic E-state index is 8.17. The van der Waals surface area contributed by atoms with Crippen LogP contribution in [0.1, 0.15) is 0 Å². The number of ether oxygens (including phenoxy) is 1. The van der Waals surface area contributed by atoms with E-state index >= 15 is 0 Å². The third-order valence-corrected chi connectivity index (χ3v) is 1.03. The van der Waals surface area contributed by atoms with Gasteiger partial charge in [-0.05, 0) is 12.1 Å². The smallest absolute Gasteiger partial charge is 0.310 e. The van der Waals surface area contributed by atoms with Crippen LogP contribution in [0.25, 0.3) is 0 Å². The van der Waals surface area contributed by atoms with Gasteiger partial charge in [0.05, 0.1) is 0 Å². The topological polar surface area (TPSA) is 29.6 Å². The van der Waals surface area contributed by atoms with Gasteiger partial charge in [-0.15, -0.1) is 0 Å². The monoisotopic (exact) mass is 141 g/mol. The molecule has 9 heavy (non-hydrogen) atoms. The third-order valence-electron chi connectivity index (χ3n) is 1.03. The summed E-state index contributed by atoms with van der Waals surface area (Å²) in [4.78, 5) is 0. The first-order chi connectivity index (χ1) is 4.47. The van der Waals surface area contributed by atoms with Crippen molar-refractivity contribution < 1.29 is 9.30 Å². The molecule has 2 rings (SSSR count). The molecule has 0 saturated carbocycles. The Kier molecular flexibility index (Phi) is 1.81. The van der Waals surface area contributed by atoms with E-state index in [4.69, 9.17) is 9.30 Å². The van der Waals surface area contributed by atoms with Crippen molar-refractivity contribution in [3.8, 4) is 11.5 Å². The minimum atomic E-state index is 1.03. The molecule has 1 aliphatic rings. The zero-order valence-electron chi connectivity index (χ0n) is 4.70. The average molecular weight is 141 g/mol. The lowest BCUT2D eigenvalue weighted by Gasteiger charge is -1.61. The second-order valence-electron chi connectivity index (χ2n) is 1.55. The molecule has 1 atom stereocenters. The zero-order valence-corrected chi connectivity index (χ0v) is 5.86. The molecule has 1 aliphatic heterocycles. The van der Waals surface area contributed by atoms with Gasteiger partial charge in [0.2, 0.25) is 0 Å². The van der Waals surface area contributed by atoms with Crippen LogP contribution >= 0.6 is 9.12 Å². The van der Waals surface area contributed by atoms with Crippen LogP contribution in [0, 0.1) is 0 Å². The molecule has 1 heterocycles. The highest BCUT2D eigenvalue weighted by atomic mass is 31.0. The predicted octanol–water partition coefficient (Wildman–Crippen LogP) is 2.00. The molecule has 0 N–H and O–H groups in total. The van der Waals surface area contributed by atoms with E-state index < -0.39 is 0 Å². The van der Waals surface area contributed by atoms with Crippen LogP contribution in [-0.2, 0) is 4.57 Å². The molecule has 0 saturated heterocycles. The number of rotatable bonds is 0. The van der Waals surface area contributed by atoms with Gasteiger partial charge < -0.3 is 4.74 Å². The van der Waals surface area contributed by atoms with Crippen molar-refractivity contribution in [1.82, 2.24) is 0 Å². The van der Waals surface area contributed by atoms with Crippen molar-refractivity contribution in [3.63, 3.8) is 0 Å². The maximum atomic E-state index is 8.17. The highest BCUT2D eigenvalue weighted by Gasteiger charge is 2.15. The van der Waals surface area contributed by atoms with E-state index in [0.29, 0.717) is 0 Å². The molecule has 2 nitrogen and oxygen atoms in total. The number of para-hydroxylation sites is 2. The fourth-order valence-electron chi connectivity index (χ4n) is 0.611. The minimum absolute atomic E-state index is 1.03. The quantitative estimate of drug-likeness (QED) is 0.414. The van der Waals surface area contributed by atoms with Crippen LogP contribution in [-0.4, -0.2) is 0 Å². The molecule has 0 aromatic heterocycles. The van der Waals surface area contributed by atoms with Gasteiger partial charge in [-0.25, -0.2) is 0 Å². The third kappa shape index (κ3) is 1.27. The van der Waals surface area contributed by atoms with Gasteiger partial charge in [0.15, 0.2) is 11.5 Å². The lowest BCUT2D eigenvalue weighted by molar-refractivity contribution is 0.607. The van der Waals surface area contributed by atoms with E-state index in [-0.39, 0.29) is 0 Å². The largest absolute Gasteiger partial charge is 0.450 e. The predicted molar refractivity (Wildman–Crippen MR) is 36.9 cm³/mol. The van der Waals surface area contributed by atoms with Gasteiger partial charge in [-0.3, -0.25) is 0 Å². The van der Waals surface area contributed by atoms with E-state index in [1.165, 1.54) is 9.12 Å². The first-order valence-electron chi connectivity index (χ1n) is 2.47. The first kappa shape index (κ1) is 6.24. The van der Waals surface area contributed by atoms with E-state index in [2.05, 4.69) is 0 Å². The SMILES string of the molecule is O=[PH2+].c1ccc2c(c1)O2. The van der Waals surface area contributed by atoms with Gasteiger partial charge >= 0.3 is 9.12 Å². The summed E-state index contributed by atoms with van der Waals surface area (Å²) in [6, 6.07) is 7.84. The molecule has 0 amide bonds. The summed E-state index contributed by atoms with van der Waals surface area (Å²) in [5.74, 6) is 2.06. The molecule has 1 aromatic carbocycles. The Morgan fingerprint density at radius 2 is 1.56 bits per heavy atom. The summed E-state index contributed by atoms with van der Waals surface area (Å²) in [6.45, 7) is 0. The summed E-state index contributed by atoms with van der Waals surface area (Å²) in [6.07, 6.45) is 0. The molecule has 0 bridgehead atoms. The highest BCUT2D eigenvalue weighted by molar-refractivity contribution is 7.00. The van der Waals surface area contributed by atoms with Gasteiger partial charge in [0, 0.05) is 0 Å². The van der Waals surface area contributed by atoms with Crippen molar-refractivity contribution >= 4 is 9.12 Å². The average Bonchev–Trinajstić information content (AvgIpc) is 2.69. The highest BCUT2D eigenvalue weighted by Crippen LogP contribution is 2.43. The van der Waals surface area contributed by atoms with Crippen molar-refractivity contribution in [1.29, 1.82) is 0 Å². The molecule has 0 radical (unpaired) electrons. The molecule has 1 aromatic rings. The van der Waals surface area contributed by atoms with Crippen LogP contribution in [0.2, 0.25) is 0 Å². The van der Waals surface area contributed by atoms with Crippen LogP contribution in [0.3, 0.4) is 0 Å². The van der Waals surface area contributed by atoms with Crippen molar-refractivity contribution in [3.05, 3.63) is 24.3 Å². The summed E-state index contributed by atoms with van der Waals surface area (Å²) in [5, 5.41) is 0. The second kappa shape index (κ2) is 2.60. The van der Waals surface area contributed by atoms with Crippen LogP contribution < -0.4 is 4.74 Å². The Balaban J connectivity index is 0.000000186. The molecule has 0 fully saturated rings. The molecule has 3 heteroatoms. The zero-order chi connectivity index (χ0) is 6.69. The Morgan fingerprint density at radius 1 is 1.11 bits per heavy atom. The van der Waals surface area contributed by atoms with E-state index in [1.54, 1.807) is 0 Å². The Morgan fingerprint density at radius 3 is 1.89 bits per heavy atom. The molecule has 0 spiro atoms. The van der Waals surface area contributed by atoms with Gasteiger partial charge in [-0.1, -0.05) is 16.7 Å². The Bertz CT molecular complexity index is 191. The standard InChI is InChI=1S/C6H4O.H2OP/c1-2-4-6-5(3-1)7-6;1-2/h1-4H;2H2/q;+1. The Labute approximate surface area is 55.1 Å². The van der Waals surface area contributed by atoms with Crippen molar-refractivity contribution in [2.45, 2.75) is 0 Å². The first-order valence-corrected chi connectivity index (χ1v) is 2.94. The molecule has 0 aliphatic carbocycles. The fourth-order valence-corrected chi connectivity index (χ4v) is 0.611. The van der Waals surface area contributed by atoms with E-state index in [1.807, 2.05) is 24.3 Å². The molecular weight excluding hydrogens is 135 g/mol. The van der Waals surface area contributed by atoms with E-state index in [9.17, 15) is 0 Å². The summed E-state index contributed by atoms with van der Waals surface area (Å²) < 4.78 is 13.1. The van der Waals surface area contributed by atoms with Gasteiger partial charge in [-0.2, -0.15) is 0 Å². The van der Waals surface area contributed by atoms with Gasteiger partial charge in [0.1, 0.15) is 0 Å². The number of hydrogen-bond donors (Lipinski definition) is 0. The summed E-state index contributed by atoms with van der Waals surface area (Å²) in [7, 11) is 1.17. The van der Waals surface area contributed by atoms with Crippen molar-refractivity contribution in [2.24, 2.45) is 0 Å². The normalized spacial score (nSPS) is 9.78. The second-order valence-corrected chi connectivity index (χ2v) is 1.55. The van der Waals surface area contributed by atoms with Crippen LogP contribution in [0.15, 0.2) is 24.3 Å². The fraction of sp³-hybridized carbons (Fsp3) is 0. The summed E-state index contributed by atoms with van der Waals surface area (Å²) in [5.41, 5.74) is 0. The Hall–Kier alpha value is -0.880. The number of hydrogen-bond acceptors (Lipinski definition) is 2. The van der Waals surface area contributed by atoms with Crippen LogP contribution in [0.5, 0.6) is 11.5 Å². The lowest BCUT2D eigenvalue weighted by atomic mass is 10.4. The summed E-state index contributed by atoms with van der Waals surface area (Å²) >= 11 is 0. The van der Waals surface area contributed by atoms with Crippen LogP contribution in [0.4, 0.5) is 0 Å². The minimum Gasteiger partial charge on any atom is -0.450 e. The van der Waals surface area contributed by atoms with E-state index in [0.717, 1.165) is 11.5 Å². The maximum Gasteiger partial charge on any atom is 0.310 e. The molecular formula is C6H6O2P+. The number of benzene rings is 1. The molecule has 1 unspecified atom stereocenters.